The zero-order valence-electron chi connectivity index (χ0n) is 73.9. The minimum absolute atomic E-state index is 0.0180. The van der Waals surface area contributed by atoms with Gasteiger partial charge in [0.05, 0.1) is 46.3 Å². The van der Waals surface area contributed by atoms with Crippen LogP contribution in [0.4, 0.5) is 0 Å². The Kier molecular flexibility index (Phi) is 28.4. The Morgan fingerprint density at radius 1 is 0.218 bits per heavy atom. The standard InChI is InChI=1S/C114H100O8S2/c1-109(2,3)101-69-89-25-19-20-26-90-66-94(74-102(70-90)110(4,5)6)50-46-82-31-39-86(40-32-82)55-59-99-79-106(114(16,17)18)80-100(108(99)122-62-24-64-124(118,119)120)60-56-88-43-35-84(36-44-88)48-52-96-68-92(72-104(76-96)112(10,11)12)28-22-21-27-91-67-95(75-103(71-91)111(7,8)9)51-47-83-33-41-87(42-34-83)54-58-98-78-105(113(13,14)15)77-97(107(98)121-61-23-63-123(115,116)117)57-53-85-37-29-81(30-38-85)45-49-93(65-89)73-101/h29-44,65-80H,23-24,61-64H2,1-18H3,(H,115,116,117)(H,118,119,120). The van der Waals surface area contributed by atoms with E-state index in [2.05, 4.69) is 319 Å². The van der Waals surface area contributed by atoms with Crippen molar-refractivity contribution in [3.8, 4) is 11.5 Å². The van der Waals surface area contributed by atoms with Crippen molar-refractivity contribution in [3.63, 3.8) is 0 Å². The van der Waals surface area contributed by atoms with Crippen molar-refractivity contribution >= 4 is 128 Å². The zero-order valence-corrected chi connectivity index (χ0v) is 75.5. The number of ether oxygens (including phenoxy) is 2. The second kappa shape index (κ2) is 38.6. The Labute approximate surface area is 737 Å². The van der Waals surface area contributed by atoms with E-state index in [-0.39, 0.29) is 58.5 Å². The van der Waals surface area contributed by atoms with Gasteiger partial charge in [-0.1, -0.05) is 246 Å². The molecule has 0 heterocycles. The molecule has 0 saturated heterocycles. The molecule has 0 radical (unpaired) electrons. The van der Waals surface area contributed by atoms with E-state index in [0.29, 0.717) is 33.0 Å². The molecule has 2 N–H and O–H groups in total. The highest BCUT2D eigenvalue weighted by molar-refractivity contribution is 7.86. The summed E-state index contributed by atoms with van der Waals surface area (Å²) in [5.74, 6) is -0.144. The Bertz CT molecular complexity index is 5970. The number of rotatable bonds is 10. The Morgan fingerprint density at radius 3 is 0.540 bits per heavy atom. The largest absolute Gasteiger partial charge is 0.491 e. The summed E-state index contributed by atoms with van der Waals surface area (Å²) in [4.78, 5) is 0. The first-order valence-corrected chi connectivity index (χ1v) is 44.3. The molecule has 17 rings (SSSR count). The molecule has 0 aliphatic heterocycles. The fourth-order valence-electron chi connectivity index (χ4n) is 12.6. The SMILES string of the molecule is CC(C)(C)c1cc2c#cc#cc3cc(C(C)(C)C)cc(c#cc4ccc(c#cc5cc(C(C)(C)C)cc(c#cc6ccc(c#cc7cc(C(C)(C)C)cc(c#cc#cc8cc(C(C)(C)C)cc(c#cc9ccc(c#cc%10cc(C(C)(C)C)cc(c#cc%11ccc(c#cc(c1)c2)cc%11)c%10OCCCS(=O)(=O)O)cc9)c8)c7)cc6)c5OCCCS(=O)(=O)O)cc4)c3. The van der Waals surface area contributed by atoms with Gasteiger partial charge in [-0.05, 0) is 297 Å². The average Bonchev–Trinajstić information content (AvgIpc) is 0.794. The Morgan fingerprint density at radius 2 is 0.371 bits per heavy atom. The van der Waals surface area contributed by atoms with Gasteiger partial charge in [0.15, 0.2) is 11.5 Å². The highest BCUT2D eigenvalue weighted by atomic mass is 32.2. The lowest BCUT2D eigenvalue weighted by Crippen LogP contribution is -2.11. The fourth-order valence-corrected chi connectivity index (χ4v) is 13.5. The van der Waals surface area contributed by atoms with E-state index in [1.54, 1.807) is 0 Å². The average molecular weight is 1660 g/mol. The molecule has 124 heavy (non-hydrogen) atoms. The predicted molar refractivity (Wildman–Crippen MR) is 506 cm³/mol. The maximum atomic E-state index is 11.9. The van der Waals surface area contributed by atoms with E-state index in [0.717, 1.165) is 120 Å². The van der Waals surface area contributed by atoms with Gasteiger partial charge in [-0.3, -0.25) is 9.11 Å². The molecule has 17 aromatic rings. The molecule has 8 nitrogen and oxygen atoms in total. The Balaban J connectivity index is 1.06. The third-order valence-electron chi connectivity index (χ3n) is 20.0. The highest BCUT2D eigenvalue weighted by Crippen LogP contribution is 2.35. The van der Waals surface area contributed by atoms with Gasteiger partial charge in [0.1, 0.15) is 0 Å². The normalized spacial score (nSPS) is 11.3. The molecular weight excluding hydrogens is 1560 g/mol. The van der Waals surface area contributed by atoms with Crippen LogP contribution in [0.25, 0.3) is 108 Å². The molecule has 616 valence electrons. The van der Waals surface area contributed by atoms with Crippen LogP contribution in [-0.2, 0) is 52.7 Å². The van der Waals surface area contributed by atoms with Crippen LogP contribution in [0.2, 0.25) is 0 Å². The van der Waals surface area contributed by atoms with Gasteiger partial charge in [0.25, 0.3) is 20.2 Å². The lowest BCUT2D eigenvalue weighted by Gasteiger charge is -2.20. The van der Waals surface area contributed by atoms with Crippen LogP contribution in [0.1, 0.15) is 171 Å². The van der Waals surface area contributed by atoms with Gasteiger partial charge in [-0.2, -0.15) is 16.8 Å². The van der Waals surface area contributed by atoms with Crippen molar-refractivity contribution in [2.75, 3.05) is 24.7 Å². The predicted octanol–water partition coefficient (Wildman–Crippen LogP) is 26.2. The number of hydrogen-bond acceptors (Lipinski definition) is 6. The van der Waals surface area contributed by atoms with Crippen molar-refractivity contribution in [1.29, 1.82) is 0 Å². The quantitative estimate of drug-likeness (QED) is 0.102. The molecule has 0 aromatic heterocycles. The summed E-state index contributed by atoms with van der Waals surface area (Å²) in [6.45, 7) is 38.6. The van der Waals surface area contributed by atoms with Crippen LogP contribution in [-0.4, -0.2) is 50.7 Å². The molecule has 0 atom stereocenters. The van der Waals surface area contributed by atoms with E-state index in [1.807, 2.05) is 146 Å². The van der Waals surface area contributed by atoms with E-state index in [4.69, 9.17) is 9.47 Å². The molecule has 17 aromatic carbocycles. The first-order chi connectivity index (χ1) is 58.3. The van der Waals surface area contributed by atoms with Crippen LogP contribution in [0.15, 0.2) is 194 Å². The third-order valence-corrected chi connectivity index (χ3v) is 21.6. The lowest BCUT2D eigenvalue weighted by molar-refractivity contribution is 0.322. The number of hydrogen-bond donors (Lipinski definition) is 2. The topological polar surface area (TPSA) is 127 Å². The van der Waals surface area contributed by atoms with Crippen molar-refractivity contribution in [2.24, 2.45) is 0 Å². The molecule has 0 spiro atoms. The maximum Gasteiger partial charge on any atom is 0.264 e. The second-order valence-corrected chi connectivity index (χ2v) is 39.9. The van der Waals surface area contributed by atoms with E-state index in [9.17, 15) is 25.9 Å². The van der Waals surface area contributed by atoms with Gasteiger partial charge < -0.3 is 9.47 Å². The van der Waals surface area contributed by atoms with Crippen molar-refractivity contribution in [3.05, 3.63) is 373 Å². The smallest absolute Gasteiger partial charge is 0.264 e. The van der Waals surface area contributed by atoms with E-state index >= 15 is 0 Å². The minimum Gasteiger partial charge on any atom is -0.491 e. The first-order valence-electron chi connectivity index (χ1n) is 41.1. The minimum atomic E-state index is -4.24. The summed E-state index contributed by atoms with van der Waals surface area (Å²) in [6, 6.07) is 143. The summed E-state index contributed by atoms with van der Waals surface area (Å²) in [5.41, 5.74) is 4.74. The second-order valence-electron chi connectivity index (χ2n) is 36.8. The summed E-state index contributed by atoms with van der Waals surface area (Å²) in [5, 5.41) is 14.7. The lowest BCUT2D eigenvalue weighted by atomic mass is 9.86. The maximum absolute atomic E-state index is 11.9. The summed E-state index contributed by atoms with van der Waals surface area (Å²) >= 11 is 0. The summed E-state index contributed by atoms with van der Waals surface area (Å²) < 4.78 is 79.5. The molecule has 0 saturated carbocycles. The van der Waals surface area contributed by atoms with Crippen LogP contribution < -0.4 is 9.47 Å². The molecule has 0 fully saturated rings. The molecule has 0 amide bonds. The van der Waals surface area contributed by atoms with Crippen molar-refractivity contribution < 1.29 is 35.4 Å². The molecule has 0 aliphatic rings. The van der Waals surface area contributed by atoms with Gasteiger partial charge in [0, 0.05) is 86.2 Å². The Hall–Kier alpha value is -13.7. The van der Waals surface area contributed by atoms with Crippen LogP contribution in [0, 0.1) is 146 Å². The zero-order chi connectivity index (χ0) is 89.4. The van der Waals surface area contributed by atoms with Crippen LogP contribution >= 0.6 is 0 Å². The van der Waals surface area contributed by atoms with Crippen molar-refractivity contribution in [1.82, 2.24) is 0 Å². The van der Waals surface area contributed by atoms with Gasteiger partial charge >= 0.3 is 0 Å². The monoisotopic (exact) mass is 1660 g/mol. The van der Waals surface area contributed by atoms with Gasteiger partial charge in [-0.15, -0.1) is 0 Å². The molecule has 0 aliphatic carbocycles. The van der Waals surface area contributed by atoms with Gasteiger partial charge in [-0.25, -0.2) is 0 Å². The molecule has 0 unspecified atom stereocenters. The molecular formula is C114H100O8S2. The van der Waals surface area contributed by atoms with Gasteiger partial charge in [0.2, 0.25) is 0 Å². The van der Waals surface area contributed by atoms with Crippen LogP contribution in [0.5, 0.6) is 11.5 Å². The van der Waals surface area contributed by atoms with E-state index in [1.165, 1.54) is 0 Å². The fraction of sp³-hybridized carbons (Fsp3) is 0.263. The number of benzene rings is 10. The summed E-state index contributed by atoms with van der Waals surface area (Å²) in [6.07, 6.45) is 0.0775. The molecule has 20 bridgehead atoms. The first kappa shape index (κ1) is 91.1. The summed E-state index contributed by atoms with van der Waals surface area (Å²) in [7, 11) is -8.48. The molecule has 10 heteroatoms. The van der Waals surface area contributed by atoms with Crippen LogP contribution in [0.3, 0.4) is 0 Å². The third kappa shape index (κ3) is 27.7. The van der Waals surface area contributed by atoms with E-state index < -0.39 is 31.7 Å². The van der Waals surface area contributed by atoms with Crippen molar-refractivity contribution in [2.45, 2.75) is 170 Å². The highest BCUT2D eigenvalue weighted by Gasteiger charge is 2.21.